The SMILES string of the molecule is O=S(=O)(Nc1ccccc1C(F)(F)F)c1cc(Cl)sc1Cl. The fourth-order valence-electron chi connectivity index (χ4n) is 1.53. The van der Waals surface area contributed by atoms with Gasteiger partial charge in [-0.2, -0.15) is 13.2 Å². The van der Waals surface area contributed by atoms with Crippen molar-refractivity contribution in [1.82, 2.24) is 0 Å². The van der Waals surface area contributed by atoms with Gasteiger partial charge in [-0.15, -0.1) is 11.3 Å². The highest BCUT2D eigenvalue weighted by molar-refractivity contribution is 7.93. The van der Waals surface area contributed by atoms with Crippen molar-refractivity contribution >= 4 is 50.2 Å². The van der Waals surface area contributed by atoms with Gasteiger partial charge in [0.15, 0.2) is 0 Å². The monoisotopic (exact) mass is 375 g/mol. The van der Waals surface area contributed by atoms with E-state index < -0.39 is 27.5 Å². The highest BCUT2D eigenvalue weighted by Crippen LogP contribution is 2.38. The van der Waals surface area contributed by atoms with E-state index in [9.17, 15) is 21.6 Å². The van der Waals surface area contributed by atoms with Gasteiger partial charge in [-0.05, 0) is 18.2 Å². The first-order valence-corrected chi connectivity index (χ1v) is 8.31. The molecule has 0 saturated heterocycles. The summed E-state index contributed by atoms with van der Waals surface area (Å²) in [6.07, 6.45) is -4.69. The van der Waals surface area contributed by atoms with Crippen LogP contribution in [0.5, 0.6) is 0 Å². The van der Waals surface area contributed by atoms with E-state index in [4.69, 9.17) is 23.2 Å². The van der Waals surface area contributed by atoms with E-state index >= 15 is 0 Å². The van der Waals surface area contributed by atoms with E-state index in [0.29, 0.717) is 0 Å². The summed E-state index contributed by atoms with van der Waals surface area (Å²) in [5, 5.41) is 0. The molecule has 114 valence electrons. The smallest absolute Gasteiger partial charge is 0.279 e. The number of nitrogens with one attached hydrogen (secondary N) is 1. The van der Waals surface area contributed by atoms with Crippen molar-refractivity contribution < 1.29 is 21.6 Å². The number of halogens is 5. The van der Waals surface area contributed by atoms with E-state index in [1.54, 1.807) is 0 Å². The molecule has 0 atom stereocenters. The van der Waals surface area contributed by atoms with Gasteiger partial charge in [0.1, 0.15) is 9.23 Å². The molecule has 1 heterocycles. The Hall–Kier alpha value is -0.960. The van der Waals surface area contributed by atoms with Crippen molar-refractivity contribution in [2.45, 2.75) is 11.1 Å². The molecule has 0 amide bonds. The Morgan fingerprint density at radius 2 is 1.76 bits per heavy atom. The van der Waals surface area contributed by atoms with Gasteiger partial charge < -0.3 is 0 Å². The van der Waals surface area contributed by atoms with E-state index in [1.807, 2.05) is 4.72 Å². The molecule has 0 aliphatic heterocycles. The molecule has 0 bridgehead atoms. The minimum absolute atomic E-state index is 0.115. The summed E-state index contributed by atoms with van der Waals surface area (Å²) in [6, 6.07) is 5.32. The highest BCUT2D eigenvalue weighted by Gasteiger charge is 2.34. The van der Waals surface area contributed by atoms with Crippen molar-refractivity contribution in [3.63, 3.8) is 0 Å². The quantitative estimate of drug-likeness (QED) is 0.831. The Bertz CT molecular complexity index is 772. The highest BCUT2D eigenvalue weighted by atomic mass is 35.5. The Morgan fingerprint density at radius 1 is 1.14 bits per heavy atom. The Morgan fingerprint density at radius 3 is 2.29 bits per heavy atom. The van der Waals surface area contributed by atoms with Crippen molar-refractivity contribution in [3.8, 4) is 0 Å². The predicted molar refractivity (Wildman–Crippen MR) is 76.6 cm³/mol. The van der Waals surface area contributed by atoms with Crippen LogP contribution in [0.3, 0.4) is 0 Å². The Labute approximate surface area is 132 Å². The van der Waals surface area contributed by atoms with Gasteiger partial charge in [-0.25, -0.2) is 8.42 Å². The van der Waals surface area contributed by atoms with Crippen LogP contribution in [0.4, 0.5) is 18.9 Å². The molecular formula is C11H6Cl2F3NO2S2. The molecule has 0 aliphatic rings. The summed E-state index contributed by atoms with van der Waals surface area (Å²) in [5.41, 5.74) is -1.67. The number of anilines is 1. The molecule has 0 aliphatic carbocycles. The minimum atomic E-state index is -4.69. The summed E-state index contributed by atoms with van der Waals surface area (Å²) in [4.78, 5) is -0.365. The lowest BCUT2D eigenvalue weighted by Gasteiger charge is -2.14. The summed E-state index contributed by atoms with van der Waals surface area (Å²) in [7, 11) is -4.26. The minimum Gasteiger partial charge on any atom is -0.279 e. The van der Waals surface area contributed by atoms with E-state index in [-0.39, 0.29) is 13.6 Å². The van der Waals surface area contributed by atoms with Crippen molar-refractivity contribution in [2.75, 3.05) is 4.72 Å². The first-order valence-electron chi connectivity index (χ1n) is 5.25. The topological polar surface area (TPSA) is 46.2 Å². The summed E-state index contributed by atoms with van der Waals surface area (Å²) < 4.78 is 64.6. The maximum atomic E-state index is 12.8. The Balaban J connectivity index is 2.45. The van der Waals surface area contributed by atoms with E-state index in [0.717, 1.165) is 35.6 Å². The van der Waals surface area contributed by atoms with Crippen LogP contribution in [0, 0.1) is 0 Å². The first-order chi connectivity index (χ1) is 9.61. The van der Waals surface area contributed by atoms with Crippen LogP contribution in [0.1, 0.15) is 5.56 Å². The van der Waals surface area contributed by atoms with Gasteiger partial charge in [0.25, 0.3) is 10.0 Å². The molecule has 1 N–H and O–H groups in total. The predicted octanol–water partition coefficient (Wildman–Crippen LogP) is 4.87. The molecule has 0 fully saturated rings. The third kappa shape index (κ3) is 3.63. The number of sulfonamides is 1. The molecule has 10 heteroatoms. The molecule has 1 aromatic heterocycles. The fourth-order valence-corrected chi connectivity index (χ4v) is 4.76. The van der Waals surface area contributed by atoms with Crippen LogP contribution < -0.4 is 4.72 Å². The molecular weight excluding hydrogens is 370 g/mol. The standard InChI is InChI=1S/C11H6Cl2F3NO2S2/c12-9-5-8(10(13)20-9)21(18,19)17-7-4-2-1-3-6(7)11(14,15)16/h1-5,17H. The van der Waals surface area contributed by atoms with Crippen LogP contribution in [0.25, 0.3) is 0 Å². The lowest BCUT2D eigenvalue weighted by atomic mass is 10.2. The molecule has 0 saturated carbocycles. The van der Waals surface area contributed by atoms with Crippen molar-refractivity contribution in [2.24, 2.45) is 0 Å². The number of thiophene rings is 1. The second-order valence-corrected chi connectivity index (χ2v) is 7.77. The average Bonchev–Trinajstić information content (AvgIpc) is 2.68. The largest absolute Gasteiger partial charge is 0.418 e. The molecule has 0 spiro atoms. The third-order valence-electron chi connectivity index (χ3n) is 2.39. The van der Waals surface area contributed by atoms with Gasteiger partial charge in [0.2, 0.25) is 0 Å². The van der Waals surface area contributed by atoms with Gasteiger partial charge in [-0.1, -0.05) is 35.3 Å². The number of rotatable bonds is 3. The number of hydrogen-bond donors (Lipinski definition) is 1. The van der Waals surface area contributed by atoms with Crippen LogP contribution in [0.2, 0.25) is 8.67 Å². The van der Waals surface area contributed by atoms with Crippen molar-refractivity contribution in [3.05, 3.63) is 44.6 Å². The van der Waals surface area contributed by atoms with E-state index in [2.05, 4.69) is 0 Å². The molecule has 21 heavy (non-hydrogen) atoms. The number of alkyl halides is 3. The zero-order chi connectivity index (χ0) is 15.8. The van der Waals surface area contributed by atoms with Gasteiger partial charge in [-0.3, -0.25) is 4.72 Å². The second kappa shape index (κ2) is 5.68. The zero-order valence-corrected chi connectivity index (χ0v) is 13.1. The van der Waals surface area contributed by atoms with Crippen molar-refractivity contribution in [1.29, 1.82) is 0 Å². The lowest BCUT2D eigenvalue weighted by Crippen LogP contribution is -2.16. The zero-order valence-electron chi connectivity index (χ0n) is 9.91. The van der Waals surface area contributed by atoms with Crippen LogP contribution in [0.15, 0.2) is 35.2 Å². The van der Waals surface area contributed by atoms with Crippen LogP contribution >= 0.6 is 34.5 Å². The molecule has 3 nitrogen and oxygen atoms in total. The maximum absolute atomic E-state index is 12.8. The van der Waals surface area contributed by atoms with Gasteiger partial charge >= 0.3 is 6.18 Å². The summed E-state index contributed by atoms with van der Waals surface area (Å²) in [6.45, 7) is 0. The summed E-state index contributed by atoms with van der Waals surface area (Å²) >= 11 is 12.2. The number of para-hydroxylation sites is 1. The molecule has 1 aromatic carbocycles. The normalized spacial score (nSPS) is 12.4. The lowest BCUT2D eigenvalue weighted by molar-refractivity contribution is -0.136. The third-order valence-corrected chi connectivity index (χ3v) is 5.51. The Kier molecular flexibility index (Phi) is 4.44. The maximum Gasteiger partial charge on any atom is 0.418 e. The molecule has 0 radical (unpaired) electrons. The number of hydrogen-bond acceptors (Lipinski definition) is 3. The van der Waals surface area contributed by atoms with Crippen LogP contribution in [-0.2, 0) is 16.2 Å². The average molecular weight is 376 g/mol. The molecule has 2 rings (SSSR count). The molecule has 2 aromatic rings. The van der Waals surface area contributed by atoms with Gasteiger partial charge in [0, 0.05) is 0 Å². The van der Waals surface area contributed by atoms with E-state index in [1.165, 1.54) is 6.07 Å². The van der Waals surface area contributed by atoms with Crippen LogP contribution in [-0.4, -0.2) is 8.42 Å². The molecule has 0 unspecified atom stereocenters. The van der Waals surface area contributed by atoms with Gasteiger partial charge in [0.05, 0.1) is 15.6 Å². The second-order valence-electron chi connectivity index (χ2n) is 3.84. The fraction of sp³-hybridized carbons (Fsp3) is 0.0909. The first kappa shape index (κ1) is 16.4. The summed E-state index contributed by atoms with van der Waals surface area (Å²) in [5.74, 6) is 0. The number of benzene rings is 1.